The molecule has 0 unspecified atom stereocenters. The standard InChI is InChI=1S/C13H24N4O3/c18-12(13(19)16-10-11-2-1-3-14-11)15-4-5-17-6-8-20-9-7-17/h11,14H,1-10H2,(H,15,18)(H,16,19)/t11-/m1/s1. The van der Waals surface area contributed by atoms with Crippen LogP contribution in [0.15, 0.2) is 0 Å². The maximum Gasteiger partial charge on any atom is 0.309 e. The highest BCUT2D eigenvalue weighted by Crippen LogP contribution is 2.02. The van der Waals surface area contributed by atoms with E-state index < -0.39 is 11.8 Å². The third kappa shape index (κ3) is 5.07. The number of ether oxygens (including phenoxy) is 1. The molecule has 0 spiro atoms. The molecule has 2 fully saturated rings. The van der Waals surface area contributed by atoms with E-state index in [1.807, 2.05) is 0 Å². The van der Waals surface area contributed by atoms with Crippen molar-refractivity contribution in [1.29, 1.82) is 0 Å². The molecule has 3 N–H and O–H groups in total. The van der Waals surface area contributed by atoms with Gasteiger partial charge in [0.2, 0.25) is 0 Å². The minimum absolute atomic E-state index is 0.306. The Morgan fingerprint density at radius 1 is 1.20 bits per heavy atom. The molecule has 20 heavy (non-hydrogen) atoms. The Kier molecular flexibility index (Phi) is 6.23. The Balaban J connectivity index is 1.54. The van der Waals surface area contributed by atoms with E-state index in [1.54, 1.807) is 0 Å². The fraction of sp³-hybridized carbons (Fsp3) is 0.846. The molecule has 7 heteroatoms. The van der Waals surface area contributed by atoms with Gasteiger partial charge in [0.05, 0.1) is 13.2 Å². The number of morpholine rings is 1. The van der Waals surface area contributed by atoms with Crippen molar-refractivity contribution >= 4 is 11.8 Å². The Morgan fingerprint density at radius 2 is 1.95 bits per heavy atom. The molecule has 1 atom stereocenters. The van der Waals surface area contributed by atoms with E-state index in [0.29, 0.717) is 19.1 Å². The van der Waals surface area contributed by atoms with Crippen LogP contribution < -0.4 is 16.0 Å². The summed E-state index contributed by atoms with van der Waals surface area (Å²) in [6.07, 6.45) is 2.19. The van der Waals surface area contributed by atoms with E-state index in [-0.39, 0.29) is 0 Å². The van der Waals surface area contributed by atoms with Crippen LogP contribution in [0.2, 0.25) is 0 Å². The van der Waals surface area contributed by atoms with E-state index in [0.717, 1.165) is 52.2 Å². The molecule has 7 nitrogen and oxygen atoms in total. The van der Waals surface area contributed by atoms with Gasteiger partial charge in [-0.05, 0) is 19.4 Å². The third-order valence-electron chi connectivity index (χ3n) is 3.69. The molecular weight excluding hydrogens is 260 g/mol. The van der Waals surface area contributed by atoms with Crippen LogP contribution in [0, 0.1) is 0 Å². The van der Waals surface area contributed by atoms with Crippen molar-refractivity contribution in [3.63, 3.8) is 0 Å². The molecule has 0 radical (unpaired) electrons. The van der Waals surface area contributed by atoms with Crippen LogP contribution in [-0.2, 0) is 14.3 Å². The average molecular weight is 284 g/mol. The van der Waals surface area contributed by atoms with Crippen molar-refractivity contribution in [2.45, 2.75) is 18.9 Å². The molecule has 0 bridgehead atoms. The van der Waals surface area contributed by atoms with Crippen LogP contribution in [0.25, 0.3) is 0 Å². The number of carbonyl (C=O) groups is 2. The molecule has 0 aromatic rings. The van der Waals surface area contributed by atoms with Crippen molar-refractivity contribution in [2.75, 3.05) is 52.5 Å². The topological polar surface area (TPSA) is 82.7 Å². The molecule has 114 valence electrons. The smallest absolute Gasteiger partial charge is 0.309 e. The lowest BCUT2D eigenvalue weighted by Gasteiger charge is -2.26. The van der Waals surface area contributed by atoms with Crippen molar-refractivity contribution in [2.24, 2.45) is 0 Å². The molecule has 2 rings (SSSR count). The second-order valence-corrected chi connectivity index (χ2v) is 5.21. The van der Waals surface area contributed by atoms with Crippen molar-refractivity contribution in [1.82, 2.24) is 20.9 Å². The molecule has 0 aromatic carbocycles. The van der Waals surface area contributed by atoms with Gasteiger partial charge in [-0.15, -0.1) is 0 Å². The van der Waals surface area contributed by atoms with Crippen LogP contribution in [0.1, 0.15) is 12.8 Å². The van der Waals surface area contributed by atoms with Crippen LogP contribution in [-0.4, -0.2) is 75.2 Å². The van der Waals surface area contributed by atoms with E-state index >= 15 is 0 Å². The first-order chi connectivity index (χ1) is 9.75. The predicted molar refractivity (Wildman–Crippen MR) is 74.3 cm³/mol. The van der Waals surface area contributed by atoms with Crippen LogP contribution in [0.5, 0.6) is 0 Å². The zero-order valence-corrected chi connectivity index (χ0v) is 11.8. The lowest BCUT2D eigenvalue weighted by Crippen LogP contribution is -2.47. The summed E-state index contributed by atoms with van der Waals surface area (Å²) in [4.78, 5) is 25.4. The molecular formula is C13H24N4O3. The Hall–Kier alpha value is -1.18. The van der Waals surface area contributed by atoms with Gasteiger partial charge in [-0.2, -0.15) is 0 Å². The molecule has 2 saturated heterocycles. The van der Waals surface area contributed by atoms with Crippen molar-refractivity contribution < 1.29 is 14.3 Å². The summed E-state index contributed by atoms with van der Waals surface area (Å²) in [5.74, 6) is -1.09. The number of nitrogens with zero attached hydrogens (tertiary/aromatic N) is 1. The maximum atomic E-state index is 11.6. The van der Waals surface area contributed by atoms with Gasteiger partial charge in [0, 0.05) is 38.8 Å². The second-order valence-electron chi connectivity index (χ2n) is 5.21. The Bertz CT molecular complexity index is 326. The molecule has 0 aromatic heterocycles. The highest BCUT2D eigenvalue weighted by atomic mass is 16.5. The van der Waals surface area contributed by atoms with E-state index in [1.165, 1.54) is 0 Å². The van der Waals surface area contributed by atoms with E-state index in [9.17, 15) is 9.59 Å². The lowest BCUT2D eigenvalue weighted by atomic mass is 10.2. The first kappa shape index (κ1) is 15.2. The van der Waals surface area contributed by atoms with Gasteiger partial charge in [-0.25, -0.2) is 0 Å². The van der Waals surface area contributed by atoms with Gasteiger partial charge < -0.3 is 20.7 Å². The minimum Gasteiger partial charge on any atom is -0.379 e. The number of rotatable bonds is 5. The number of carbonyl (C=O) groups excluding carboxylic acids is 2. The van der Waals surface area contributed by atoms with Crippen molar-refractivity contribution in [3.05, 3.63) is 0 Å². The van der Waals surface area contributed by atoms with E-state index in [4.69, 9.17) is 4.74 Å². The predicted octanol–water partition coefficient (Wildman–Crippen LogP) is -1.70. The SMILES string of the molecule is O=C(NCCN1CCOCC1)C(=O)NC[C@H]1CCCN1. The van der Waals surface area contributed by atoms with Crippen LogP contribution >= 0.6 is 0 Å². The first-order valence-corrected chi connectivity index (χ1v) is 7.35. The van der Waals surface area contributed by atoms with Gasteiger partial charge in [-0.3, -0.25) is 14.5 Å². The Morgan fingerprint density at radius 3 is 2.65 bits per heavy atom. The first-order valence-electron chi connectivity index (χ1n) is 7.35. The largest absolute Gasteiger partial charge is 0.379 e. The second kappa shape index (κ2) is 8.18. The maximum absolute atomic E-state index is 11.6. The zero-order valence-electron chi connectivity index (χ0n) is 11.8. The molecule has 2 heterocycles. The van der Waals surface area contributed by atoms with Crippen molar-refractivity contribution in [3.8, 4) is 0 Å². The molecule has 2 aliphatic heterocycles. The van der Waals surface area contributed by atoms with Crippen LogP contribution in [0.4, 0.5) is 0 Å². The van der Waals surface area contributed by atoms with Gasteiger partial charge in [0.25, 0.3) is 0 Å². The van der Waals surface area contributed by atoms with Gasteiger partial charge >= 0.3 is 11.8 Å². The summed E-state index contributed by atoms with van der Waals surface area (Å²) in [6.45, 7) is 6.01. The van der Waals surface area contributed by atoms with E-state index in [2.05, 4.69) is 20.9 Å². The monoisotopic (exact) mass is 284 g/mol. The summed E-state index contributed by atoms with van der Waals surface area (Å²) < 4.78 is 5.25. The summed E-state index contributed by atoms with van der Waals surface area (Å²) in [6, 6.07) is 0.306. The highest BCUT2D eigenvalue weighted by Gasteiger charge is 2.18. The summed E-state index contributed by atoms with van der Waals surface area (Å²) >= 11 is 0. The normalized spacial score (nSPS) is 23.5. The molecule has 0 saturated carbocycles. The number of hydrogen-bond acceptors (Lipinski definition) is 5. The molecule has 0 aliphatic carbocycles. The number of hydrogen-bond donors (Lipinski definition) is 3. The fourth-order valence-electron chi connectivity index (χ4n) is 2.46. The number of amides is 2. The molecule has 2 aliphatic rings. The summed E-state index contributed by atoms with van der Waals surface area (Å²) in [7, 11) is 0. The number of nitrogens with one attached hydrogen (secondary N) is 3. The zero-order chi connectivity index (χ0) is 14.2. The lowest BCUT2D eigenvalue weighted by molar-refractivity contribution is -0.139. The quantitative estimate of drug-likeness (QED) is 0.524. The molecule has 2 amide bonds. The third-order valence-corrected chi connectivity index (χ3v) is 3.69. The Labute approximate surface area is 119 Å². The van der Waals surface area contributed by atoms with Gasteiger partial charge in [-0.1, -0.05) is 0 Å². The minimum atomic E-state index is -0.545. The van der Waals surface area contributed by atoms with Gasteiger partial charge in [0.1, 0.15) is 0 Å². The fourth-order valence-corrected chi connectivity index (χ4v) is 2.46. The summed E-state index contributed by atoms with van der Waals surface area (Å²) in [5.41, 5.74) is 0. The highest BCUT2D eigenvalue weighted by molar-refractivity contribution is 6.35. The summed E-state index contributed by atoms with van der Waals surface area (Å²) in [5, 5.41) is 8.59. The van der Waals surface area contributed by atoms with Gasteiger partial charge in [0.15, 0.2) is 0 Å². The average Bonchev–Trinajstić information content (AvgIpc) is 2.99. The van der Waals surface area contributed by atoms with Crippen LogP contribution in [0.3, 0.4) is 0 Å².